The number of carboxylic acid groups (broad SMARTS) is 1. The Balaban J connectivity index is 2.44. The first-order valence-corrected chi connectivity index (χ1v) is 8.08. The molecule has 2 aromatic rings. The number of carbonyl (C=O) groups is 1. The van der Waals surface area contributed by atoms with Crippen LogP contribution in [0, 0.1) is 17.0 Å². The number of aryl methyl sites for hydroxylation is 1. The summed E-state index contributed by atoms with van der Waals surface area (Å²) in [5, 5.41) is 23.0. The van der Waals surface area contributed by atoms with Crippen LogP contribution in [0.15, 0.2) is 41.3 Å². The van der Waals surface area contributed by atoms with Crippen molar-refractivity contribution < 1.29 is 19.4 Å². The van der Waals surface area contributed by atoms with Crippen LogP contribution >= 0.6 is 0 Å². The van der Waals surface area contributed by atoms with Gasteiger partial charge in [0.1, 0.15) is 6.26 Å². The highest BCUT2D eigenvalue weighted by atomic mass is 32.2. The molecule has 0 bridgehead atoms. The Morgan fingerprint density at radius 2 is 1.91 bits per heavy atom. The second-order valence-corrected chi connectivity index (χ2v) is 6.23. The van der Waals surface area contributed by atoms with Crippen molar-refractivity contribution in [3.8, 4) is 0 Å². The predicted octanol–water partition coefficient (Wildman–Crippen LogP) is 3.08. The van der Waals surface area contributed by atoms with Crippen molar-refractivity contribution in [2.75, 3.05) is 11.6 Å². The van der Waals surface area contributed by atoms with E-state index in [1.807, 2.05) is 0 Å². The van der Waals surface area contributed by atoms with E-state index in [1.54, 1.807) is 31.4 Å². The van der Waals surface area contributed by atoms with Crippen LogP contribution in [0.4, 0.5) is 17.1 Å². The van der Waals surface area contributed by atoms with Gasteiger partial charge in [-0.3, -0.25) is 10.1 Å². The van der Waals surface area contributed by atoms with Gasteiger partial charge in [-0.15, -0.1) is 0 Å². The molecule has 0 amide bonds. The van der Waals surface area contributed by atoms with Gasteiger partial charge in [0, 0.05) is 17.8 Å². The molecule has 2 rings (SSSR count). The summed E-state index contributed by atoms with van der Waals surface area (Å²) in [7, 11) is 0. The molecule has 0 aliphatic carbocycles. The van der Waals surface area contributed by atoms with Crippen molar-refractivity contribution in [1.29, 1.82) is 0 Å². The lowest BCUT2D eigenvalue weighted by atomic mass is 10.1. The van der Waals surface area contributed by atoms with E-state index in [9.17, 15) is 24.6 Å². The predicted molar refractivity (Wildman–Crippen MR) is 86.8 cm³/mol. The number of hydrogen-bond donors (Lipinski definition) is 2. The standard InChI is InChI=1S/C15H14N2O5S/c1-9-7-11(23(2)22)4-6-13(9)16-14-8-10(17(20)21)3-5-12(14)15(18)19/h3-8,16H,1-2H3,(H,18,19). The van der Waals surface area contributed by atoms with Gasteiger partial charge < -0.3 is 15.0 Å². The van der Waals surface area contributed by atoms with Crippen LogP contribution < -0.4 is 5.32 Å². The number of non-ortho nitro benzene ring substituents is 1. The van der Waals surface area contributed by atoms with Crippen LogP contribution in [0.2, 0.25) is 0 Å². The molecule has 8 heteroatoms. The fourth-order valence-electron chi connectivity index (χ4n) is 2.04. The summed E-state index contributed by atoms with van der Waals surface area (Å²) in [5.41, 5.74) is 1.18. The van der Waals surface area contributed by atoms with Gasteiger partial charge in [-0.1, -0.05) is 0 Å². The molecular formula is C15H14N2O5S. The number of nitro groups is 1. The van der Waals surface area contributed by atoms with E-state index in [2.05, 4.69) is 5.32 Å². The Hall–Kier alpha value is -2.58. The minimum atomic E-state index is -1.19. The fraction of sp³-hybridized carbons (Fsp3) is 0.133. The monoisotopic (exact) mass is 334 g/mol. The summed E-state index contributed by atoms with van der Waals surface area (Å²) in [5.74, 6) is -1.19. The van der Waals surface area contributed by atoms with E-state index in [0.29, 0.717) is 10.6 Å². The van der Waals surface area contributed by atoms with E-state index in [0.717, 1.165) is 11.6 Å². The minimum absolute atomic E-state index is 0.0712. The molecule has 2 N–H and O–H groups in total. The third-order valence-electron chi connectivity index (χ3n) is 3.24. The summed E-state index contributed by atoms with van der Waals surface area (Å²) >= 11 is -1.13. The fourth-order valence-corrected chi connectivity index (χ4v) is 2.64. The molecular weight excluding hydrogens is 320 g/mol. The van der Waals surface area contributed by atoms with Crippen molar-refractivity contribution in [3.05, 3.63) is 57.6 Å². The number of anilines is 2. The molecule has 0 heterocycles. The highest BCUT2D eigenvalue weighted by Gasteiger charge is 2.16. The van der Waals surface area contributed by atoms with E-state index in [4.69, 9.17) is 0 Å². The number of nitrogens with one attached hydrogen (secondary N) is 1. The number of nitro benzene ring substituents is 1. The average Bonchev–Trinajstić information content (AvgIpc) is 2.48. The molecule has 0 fully saturated rings. The van der Waals surface area contributed by atoms with Crippen LogP contribution in [0.1, 0.15) is 15.9 Å². The van der Waals surface area contributed by atoms with Gasteiger partial charge in [0.2, 0.25) is 0 Å². The summed E-state index contributed by atoms with van der Waals surface area (Å²) < 4.78 is 11.5. The van der Waals surface area contributed by atoms with E-state index in [1.165, 1.54) is 12.1 Å². The number of benzene rings is 2. The van der Waals surface area contributed by atoms with Crippen molar-refractivity contribution in [2.45, 2.75) is 11.8 Å². The maximum Gasteiger partial charge on any atom is 0.337 e. The number of carboxylic acids is 1. The van der Waals surface area contributed by atoms with Gasteiger partial charge in [-0.05, 0) is 47.9 Å². The molecule has 0 saturated heterocycles. The van der Waals surface area contributed by atoms with Gasteiger partial charge in [0.15, 0.2) is 4.90 Å². The smallest absolute Gasteiger partial charge is 0.337 e. The van der Waals surface area contributed by atoms with Crippen molar-refractivity contribution in [2.24, 2.45) is 0 Å². The van der Waals surface area contributed by atoms with Crippen molar-refractivity contribution >= 4 is 34.2 Å². The average molecular weight is 334 g/mol. The van der Waals surface area contributed by atoms with Gasteiger partial charge in [0.25, 0.3) is 5.69 Å². The molecule has 0 spiro atoms. The Bertz CT molecular complexity index is 776. The normalized spacial score (nSPS) is 11.8. The lowest BCUT2D eigenvalue weighted by molar-refractivity contribution is -0.384. The molecule has 1 unspecified atom stereocenters. The Kier molecular flexibility index (Phi) is 4.87. The number of hydrogen-bond acceptors (Lipinski definition) is 5. The maximum absolute atomic E-state index is 11.5. The molecule has 23 heavy (non-hydrogen) atoms. The second-order valence-electron chi connectivity index (χ2n) is 4.85. The second kappa shape index (κ2) is 6.67. The summed E-state index contributed by atoms with van der Waals surface area (Å²) in [6, 6.07) is 8.54. The zero-order valence-corrected chi connectivity index (χ0v) is 13.2. The quantitative estimate of drug-likeness (QED) is 0.493. The van der Waals surface area contributed by atoms with Gasteiger partial charge in [-0.25, -0.2) is 4.79 Å². The Morgan fingerprint density at radius 3 is 2.43 bits per heavy atom. The summed E-state index contributed by atoms with van der Waals surface area (Å²) in [4.78, 5) is 22.2. The molecule has 0 aliphatic heterocycles. The third kappa shape index (κ3) is 3.79. The Morgan fingerprint density at radius 1 is 1.22 bits per heavy atom. The van der Waals surface area contributed by atoms with Gasteiger partial charge in [0.05, 0.1) is 16.2 Å². The molecule has 1 atom stereocenters. The minimum Gasteiger partial charge on any atom is -0.612 e. The first-order valence-electron chi connectivity index (χ1n) is 6.52. The summed E-state index contributed by atoms with van der Waals surface area (Å²) in [6.07, 6.45) is 1.56. The van der Waals surface area contributed by atoms with E-state index < -0.39 is 22.1 Å². The SMILES string of the molecule is Cc1cc([S+](C)[O-])ccc1Nc1cc([N+](=O)[O-])ccc1C(=O)O. The number of rotatable bonds is 5. The van der Waals surface area contributed by atoms with Crippen molar-refractivity contribution in [1.82, 2.24) is 0 Å². The van der Waals surface area contributed by atoms with Crippen LogP contribution in [-0.4, -0.2) is 26.8 Å². The molecule has 0 saturated carbocycles. The zero-order valence-electron chi connectivity index (χ0n) is 12.4. The number of nitrogens with zero attached hydrogens (tertiary/aromatic N) is 1. The van der Waals surface area contributed by atoms with Crippen molar-refractivity contribution in [3.63, 3.8) is 0 Å². The molecule has 0 aliphatic rings. The van der Waals surface area contributed by atoms with Gasteiger partial charge >= 0.3 is 5.97 Å². The van der Waals surface area contributed by atoms with E-state index in [-0.39, 0.29) is 16.9 Å². The third-order valence-corrected chi connectivity index (χ3v) is 4.16. The molecule has 0 radical (unpaired) electrons. The zero-order chi connectivity index (χ0) is 17.1. The van der Waals surface area contributed by atoms with Gasteiger partial charge in [-0.2, -0.15) is 0 Å². The Labute approximate surface area is 135 Å². The van der Waals surface area contributed by atoms with Crippen LogP contribution in [-0.2, 0) is 11.2 Å². The molecule has 0 aromatic heterocycles. The lowest BCUT2D eigenvalue weighted by Crippen LogP contribution is -2.05. The first-order chi connectivity index (χ1) is 10.8. The van der Waals surface area contributed by atoms with Crippen LogP contribution in [0.5, 0.6) is 0 Å². The number of aromatic carboxylic acids is 1. The topological polar surface area (TPSA) is 116 Å². The first kappa shape index (κ1) is 16.8. The largest absolute Gasteiger partial charge is 0.612 e. The molecule has 2 aromatic carbocycles. The van der Waals surface area contributed by atoms with E-state index >= 15 is 0 Å². The maximum atomic E-state index is 11.5. The molecule has 120 valence electrons. The highest BCUT2D eigenvalue weighted by Crippen LogP contribution is 2.28. The highest BCUT2D eigenvalue weighted by molar-refractivity contribution is 7.90. The molecule has 7 nitrogen and oxygen atoms in total. The summed E-state index contributed by atoms with van der Waals surface area (Å²) in [6.45, 7) is 1.77. The lowest BCUT2D eigenvalue weighted by Gasteiger charge is -2.13. The van der Waals surface area contributed by atoms with Crippen LogP contribution in [0.3, 0.4) is 0 Å². The van der Waals surface area contributed by atoms with Crippen LogP contribution in [0.25, 0.3) is 0 Å².